The average molecular weight is 289 g/mol. The number of nitrogens with one attached hydrogen (secondary N) is 2. The van der Waals surface area contributed by atoms with E-state index >= 15 is 0 Å². The van der Waals surface area contributed by atoms with Gasteiger partial charge in [-0.05, 0) is 18.9 Å². The molecular weight excluding hydrogens is 270 g/mol. The molecule has 1 amide bonds. The molecule has 0 aliphatic heterocycles. The Morgan fingerprint density at radius 2 is 2.24 bits per heavy atom. The third-order valence-corrected chi connectivity index (χ3v) is 2.91. The molecule has 0 aliphatic rings. The monoisotopic (exact) mass is 289 g/mol. The molecule has 112 valence electrons. The molecule has 0 atom stereocenters. The van der Waals surface area contributed by atoms with E-state index in [2.05, 4.69) is 20.5 Å². The molecule has 2 aromatic heterocycles. The Kier molecular flexibility index (Phi) is 4.42. The number of anilines is 2. The Balaban J connectivity index is 2.11. The SMILES string of the molecule is CCOc1ccc(NC(=O)c2n[nH]c(C(C)C)c2N)cn1. The molecule has 2 aromatic rings. The van der Waals surface area contributed by atoms with Crippen molar-refractivity contribution in [3.05, 3.63) is 29.7 Å². The van der Waals surface area contributed by atoms with Crippen LogP contribution in [0.3, 0.4) is 0 Å². The van der Waals surface area contributed by atoms with Crippen molar-refractivity contribution < 1.29 is 9.53 Å². The van der Waals surface area contributed by atoms with Gasteiger partial charge in [-0.2, -0.15) is 5.10 Å². The first-order valence-electron chi connectivity index (χ1n) is 6.76. The molecule has 21 heavy (non-hydrogen) atoms. The van der Waals surface area contributed by atoms with Crippen molar-refractivity contribution in [3.8, 4) is 5.88 Å². The van der Waals surface area contributed by atoms with Crippen molar-refractivity contribution in [2.75, 3.05) is 17.7 Å². The van der Waals surface area contributed by atoms with Crippen LogP contribution in [0.1, 0.15) is 42.9 Å². The molecule has 0 aromatic carbocycles. The van der Waals surface area contributed by atoms with E-state index in [1.54, 1.807) is 12.1 Å². The van der Waals surface area contributed by atoms with Gasteiger partial charge in [0, 0.05) is 6.07 Å². The van der Waals surface area contributed by atoms with E-state index in [1.807, 2.05) is 20.8 Å². The number of H-pyrrole nitrogens is 1. The van der Waals surface area contributed by atoms with Gasteiger partial charge in [0.05, 0.1) is 29.9 Å². The predicted octanol–water partition coefficient (Wildman–Crippen LogP) is 2.16. The first-order valence-corrected chi connectivity index (χ1v) is 6.76. The smallest absolute Gasteiger partial charge is 0.278 e. The molecule has 0 aliphatic carbocycles. The predicted molar refractivity (Wildman–Crippen MR) is 80.4 cm³/mol. The molecule has 0 saturated heterocycles. The summed E-state index contributed by atoms with van der Waals surface area (Å²) in [6, 6.07) is 3.40. The second-order valence-corrected chi connectivity index (χ2v) is 4.83. The Labute approximate surface area is 122 Å². The molecule has 7 nitrogen and oxygen atoms in total. The summed E-state index contributed by atoms with van der Waals surface area (Å²) in [4.78, 5) is 16.2. The molecule has 0 unspecified atom stereocenters. The van der Waals surface area contributed by atoms with Crippen LogP contribution >= 0.6 is 0 Å². The maximum atomic E-state index is 12.1. The molecule has 2 rings (SSSR count). The molecular formula is C14H19N5O2. The summed E-state index contributed by atoms with van der Waals surface area (Å²) >= 11 is 0. The van der Waals surface area contributed by atoms with Crippen LogP contribution in [0.4, 0.5) is 11.4 Å². The van der Waals surface area contributed by atoms with Gasteiger partial charge in [0.2, 0.25) is 5.88 Å². The summed E-state index contributed by atoms with van der Waals surface area (Å²) in [6.07, 6.45) is 1.52. The van der Waals surface area contributed by atoms with Crippen LogP contribution in [-0.2, 0) is 0 Å². The van der Waals surface area contributed by atoms with E-state index in [0.29, 0.717) is 23.9 Å². The van der Waals surface area contributed by atoms with E-state index in [1.165, 1.54) is 6.20 Å². The quantitative estimate of drug-likeness (QED) is 0.782. The lowest BCUT2D eigenvalue weighted by molar-refractivity contribution is 0.102. The third-order valence-electron chi connectivity index (χ3n) is 2.91. The number of carbonyl (C=O) groups is 1. The number of nitrogens with zero attached hydrogens (tertiary/aromatic N) is 2. The molecule has 2 heterocycles. The molecule has 4 N–H and O–H groups in total. The second-order valence-electron chi connectivity index (χ2n) is 4.83. The number of amides is 1. The highest BCUT2D eigenvalue weighted by atomic mass is 16.5. The number of hydrogen-bond donors (Lipinski definition) is 3. The summed E-state index contributed by atoms with van der Waals surface area (Å²) in [5.41, 5.74) is 7.80. The molecule has 0 fully saturated rings. The summed E-state index contributed by atoms with van der Waals surface area (Å²) in [7, 11) is 0. The summed E-state index contributed by atoms with van der Waals surface area (Å²) in [5, 5.41) is 9.47. The number of carbonyl (C=O) groups excluding carboxylic acids is 1. The van der Waals surface area contributed by atoms with Crippen LogP contribution in [0.5, 0.6) is 5.88 Å². The van der Waals surface area contributed by atoms with Crippen molar-refractivity contribution in [2.45, 2.75) is 26.7 Å². The largest absolute Gasteiger partial charge is 0.478 e. The Morgan fingerprint density at radius 3 is 2.76 bits per heavy atom. The second kappa shape index (κ2) is 6.25. The van der Waals surface area contributed by atoms with Crippen molar-refractivity contribution in [3.63, 3.8) is 0 Å². The van der Waals surface area contributed by atoms with E-state index in [9.17, 15) is 4.79 Å². The van der Waals surface area contributed by atoms with Gasteiger partial charge in [0.1, 0.15) is 0 Å². The van der Waals surface area contributed by atoms with Gasteiger partial charge in [0.25, 0.3) is 5.91 Å². The maximum absolute atomic E-state index is 12.1. The van der Waals surface area contributed by atoms with E-state index in [0.717, 1.165) is 5.69 Å². The first kappa shape index (κ1) is 14.8. The highest BCUT2D eigenvalue weighted by Gasteiger charge is 2.19. The standard InChI is InChI=1S/C14H19N5O2/c1-4-21-10-6-5-9(7-16-10)17-14(20)13-11(15)12(8(2)3)18-19-13/h5-8H,4,15H2,1-3H3,(H,17,20)(H,18,19). The topological polar surface area (TPSA) is 106 Å². The molecule has 0 bridgehead atoms. The Morgan fingerprint density at radius 1 is 1.48 bits per heavy atom. The van der Waals surface area contributed by atoms with E-state index in [4.69, 9.17) is 10.5 Å². The summed E-state index contributed by atoms with van der Waals surface area (Å²) in [5.74, 6) is 0.310. The highest BCUT2D eigenvalue weighted by molar-refractivity contribution is 6.06. The van der Waals surface area contributed by atoms with Gasteiger partial charge in [0.15, 0.2) is 5.69 Å². The Bertz CT molecular complexity index is 619. The number of ether oxygens (including phenoxy) is 1. The number of aromatic amines is 1. The molecule has 0 radical (unpaired) electrons. The number of pyridine rings is 1. The molecule has 0 saturated carbocycles. The number of aromatic nitrogens is 3. The van der Waals surface area contributed by atoms with Gasteiger partial charge >= 0.3 is 0 Å². The van der Waals surface area contributed by atoms with Gasteiger partial charge in [-0.1, -0.05) is 13.8 Å². The molecule has 7 heteroatoms. The average Bonchev–Trinajstić information content (AvgIpc) is 2.83. The van der Waals surface area contributed by atoms with Gasteiger partial charge in [-0.15, -0.1) is 0 Å². The van der Waals surface area contributed by atoms with Gasteiger partial charge in [-0.25, -0.2) is 4.98 Å². The fourth-order valence-corrected chi connectivity index (χ4v) is 1.86. The Hall–Kier alpha value is -2.57. The maximum Gasteiger partial charge on any atom is 0.278 e. The first-order chi connectivity index (χ1) is 10.0. The van der Waals surface area contributed by atoms with Crippen molar-refractivity contribution in [1.82, 2.24) is 15.2 Å². The number of rotatable bonds is 5. The van der Waals surface area contributed by atoms with Crippen LogP contribution in [0, 0.1) is 0 Å². The van der Waals surface area contributed by atoms with Crippen LogP contribution < -0.4 is 15.8 Å². The number of hydrogen-bond acceptors (Lipinski definition) is 5. The van der Waals surface area contributed by atoms with Crippen molar-refractivity contribution >= 4 is 17.3 Å². The van der Waals surface area contributed by atoms with Crippen LogP contribution in [-0.4, -0.2) is 27.7 Å². The van der Waals surface area contributed by atoms with Crippen LogP contribution in [0.2, 0.25) is 0 Å². The minimum absolute atomic E-state index is 0.172. The third kappa shape index (κ3) is 3.31. The van der Waals surface area contributed by atoms with Gasteiger partial charge in [-0.3, -0.25) is 9.89 Å². The normalized spacial score (nSPS) is 10.7. The zero-order valence-corrected chi connectivity index (χ0v) is 12.3. The van der Waals surface area contributed by atoms with Crippen LogP contribution in [0.15, 0.2) is 18.3 Å². The lowest BCUT2D eigenvalue weighted by atomic mass is 10.1. The van der Waals surface area contributed by atoms with Crippen molar-refractivity contribution in [1.29, 1.82) is 0 Å². The zero-order chi connectivity index (χ0) is 15.4. The fourth-order valence-electron chi connectivity index (χ4n) is 1.86. The lowest BCUT2D eigenvalue weighted by Gasteiger charge is -2.06. The fraction of sp³-hybridized carbons (Fsp3) is 0.357. The van der Waals surface area contributed by atoms with E-state index < -0.39 is 0 Å². The van der Waals surface area contributed by atoms with E-state index in [-0.39, 0.29) is 17.5 Å². The minimum Gasteiger partial charge on any atom is -0.478 e. The number of nitrogens with two attached hydrogens (primary N) is 1. The zero-order valence-electron chi connectivity index (χ0n) is 12.3. The van der Waals surface area contributed by atoms with Crippen molar-refractivity contribution in [2.24, 2.45) is 0 Å². The number of nitrogen functional groups attached to an aromatic ring is 1. The summed E-state index contributed by atoms with van der Waals surface area (Å²) in [6.45, 7) is 6.37. The van der Waals surface area contributed by atoms with Crippen LogP contribution in [0.25, 0.3) is 0 Å². The van der Waals surface area contributed by atoms with Gasteiger partial charge < -0.3 is 15.8 Å². The summed E-state index contributed by atoms with van der Waals surface area (Å²) < 4.78 is 5.24. The lowest BCUT2D eigenvalue weighted by Crippen LogP contribution is -2.14. The highest BCUT2D eigenvalue weighted by Crippen LogP contribution is 2.23. The molecule has 0 spiro atoms. The minimum atomic E-state index is -0.374.